The molecule has 0 fully saturated rings. The van der Waals surface area contributed by atoms with Crippen LogP contribution in [0.25, 0.3) is 10.4 Å². The molecular formula is C8H5BrN2O2S2. The van der Waals surface area contributed by atoms with Crippen molar-refractivity contribution in [2.45, 2.75) is 0 Å². The molecule has 0 saturated carbocycles. The van der Waals surface area contributed by atoms with E-state index in [0.29, 0.717) is 4.88 Å². The zero-order chi connectivity index (χ0) is 11.0. The Hall–Kier alpha value is -0.920. The fourth-order valence-corrected chi connectivity index (χ4v) is 3.14. The van der Waals surface area contributed by atoms with Gasteiger partial charge in [-0.25, -0.2) is 9.78 Å². The van der Waals surface area contributed by atoms with E-state index in [9.17, 15) is 4.79 Å². The maximum atomic E-state index is 10.9. The van der Waals surface area contributed by atoms with Crippen LogP contribution in [0.5, 0.6) is 0 Å². The Labute approximate surface area is 102 Å². The van der Waals surface area contributed by atoms with Crippen molar-refractivity contribution in [3.05, 3.63) is 20.9 Å². The van der Waals surface area contributed by atoms with Gasteiger partial charge in [0.2, 0.25) is 0 Å². The first kappa shape index (κ1) is 10.6. The van der Waals surface area contributed by atoms with Crippen molar-refractivity contribution in [1.82, 2.24) is 4.98 Å². The minimum atomic E-state index is -1.06. The highest BCUT2D eigenvalue weighted by Gasteiger charge is 2.18. The van der Waals surface area contributed by atoms with Crippen molar-refractivity contribution in [3.8, 4) is 10.4 Å². The molecule has 0 unspecified atom stereocenters. The van der Waals surface area contributed by atoms with Crippen LogP contribution in [0, 0.1) is 0 Å². The van der Waals surface area contributed by atoms with Crippen molar-refractivity contribution < 1.29 is 9.90 Å². The van der Waals surface area contributed by atoms with Crippen molar-refractivity contribution in [2.24, 2.45) is 0 Å². The zero-order valence-corrected chi connectivity index (χ0v) is 10.4. The lowest BCUT2D eigenvalue weighted by Gasteiger charge is -1.92. The van der Waals surface area contributed by atoms with Gasteiger partial charge in [0.1, 0.15) is 0 Å². The van der Waals surface area contributed by atoms with Gasteiger partial charge in [0.15, 0.2) is 10.8 Å². The summed E-state index contributed by atoms with van der Waals surface area (Å²) in [6.07, 6.45) is 0. The van der Waals surface area contributed by atoms with E-state index in [2.05, 4.69) is 20.9 Å². The smallest absolute Gasteiger partial charge is 0.356 e. The number of hydrogen-bond donors (Lipinski definition) is 2. The SMILES string of the molecule is Nc1nc(C(=O)O)c(-c2csc(Br)c2)s1. The number of carboxylic acids is 1. The molecule has 2 aromatic rings. The van der Waals surface area contributed by atoms with E-state index in [-0.39, 0.29) is 10.8 Å². The Bertz CT molecular complexity index is 520. The lowest BCUT2D eigenvalue weighted by Crippen LogP contribution is -1.98. The van der Waals surface area contributed by atoms with Gasteiger partial charge in [0.25, 0.3) is 0 Å². The number of nitrogens with zero attached hydrogens (tertiary/aromatic N) is 1. The number of hydrogen-bond acceptors (Lipinski definition) is 5. The molecule has 0 saturated heterocycles. The first-order chi connectivity index (χ1) is 7.08. The summed E-state index contributed by atoms with van der Waals surface area (Å²) in [6.45, 7) is 0. The third-order valence-electron chi connectivity index (χ3n) is 1.68. The molecule has 0 spiro atoms. The summed E-state index contributed by atoms with van der Waals surface area (Å²) in [4.78, 5) is 15.3. The van der Waals surface area contributed by atoms with Crippen LogP contribution in [-0.4, -0.2) is 16.1 Å². The Balaban J connectivity index is 2.56. The highest BCUT2D eigenvalue weighted by molar-refractivity contribution is 9.11. The van der Waals surface area contributed by atoms with Crippen molar-refractivity contribution >= 4 is 49.7 Å². The van der Waals surface area contributed by atoms with Gasteiger partial charge in [0.05, 0.1) is 8.66 Å². The molecule has 78 valence electrons. The van der Waals surface area contributed by atoms with Gasteiger partial charge in [-0.1, -0.05) is 11.3 Å². The van der Waals surface area contributed by atoms with E-state index in [0.717, 1.165) is 9.35 Å². The number of nitrogen functional groups attached to an aromatic ring is 1. The van der Waals surface area contributed by atoms with Crippen molar-refractivity contribution in [1.29, 1.82) is 0 Å². The molecule has 0 atom stereocenters. The number of halogens is 1. The second kappa shape index (κ2) is 3.92. The summed E-state index contributed by atoms with van der Waals surface area (Å²) >= 11 is 5.99. The average Bonchev–Trinajstić information content (AvgIpc) is 2.71. The number of aromatic nitrogens is 1. The molecule has 0 bridgehead atoms. The second-order valence-electron chi connectivity index (χ2n) is 2.67. The molecule has 3 N–H and O–H groups in total. The van der Waals surface area contributed by atoms with Gasteiger partial charge in [-0.3, -0.25) is 0 Å². The maximum Gasteiger partial charge on any atom is 0.356 e. The summed E-state index contributed by atoms with van der Waals surface area (Å²) in [6, 6.07) is 1.85. The Morgan fingerprint density at radius 3 is 2.87 bits per heavy atom. The number of nitrogens with two attached hydrogens (primary N) is 1. The van der Waals surface area contributed by atoms with E-state index < -0.39 is 5.97 Å². The highest BCUT2D eigenvalue weighted by atomic mass is 79.9. The van der Waals surface area contributed by atoms with Crippen molar-refractivity contribution in [2.75, 3.05) is 5.73 Å². The van der Waals surface area contributed by atoms with Crippen LogP contribution in [0.15, 0.2) is 15.2 Å². The lowest BCUT2D eigenvalue weighted by molar-refractivity contribution is 0.0692. The summed E-state index contributed by atoms with van der Waals surface area (Å²) in [7, 11) is 0. The van der Waals surface area contributed by atoms with Crippen LogP contribution in [0.3, 0.4) is 0 Å². The number of anilines is 1. The lowest BCUT2D eigenvalue weighted by atomic mass is 10.2. The number of carbonyl (C=O) groups is 1. The maximum absolute atomic E-state index is 10.9. The molecule has 0 aliphatic heterocycles. The predicted molar refractivity (Wildman–Crippen MR) is 64.5 cm³/mol. The van der Waals surface area contributed by atoms with E-state index in [4.69, 9.17) is 10.8 Å². The number of aromatic carboxylic acids is 1. The monoisotopic (exact) mass is 304 g/mol. The van der Waals surface area contributed by atoms with Gasteiger partial charge >= 0.3 is 5.97 Å². The second-order valence-corrected chi connectivity index (χ2v) is 6.00. The van der Waals surface area contributed by atoms with Crippen LogP contribution >= 0.6 is 38.6 Å². The molecule has 2 rings (SSSR count). The number of thiophene rings is 1. The standard InChI is InChI=1S/C8H5BrN2O2S2/c9-4-1-3(2-14-4)6-5(7(12)13)11-8(10)15-6/h1-2H,(H2,10,11)(H,12,13). The third-order valence-corrected chi connectivity index (χ3v) is 4.11. The highest BCUT2D eigenvalue weighted by Crippen LogP contribution is 2.36. The van der Waals surface area contributed by atoms with Crippen LogP contribution in [0.2, 0.25) is 0 Å². The van der Waals surface area contributed by atoms with E-state index in [1.807, 2.05) is 11.4 Å². The molecule has 15 heavy (non-hydrogen) atoms. The molecule has 2 aromatic heterocycles. The fraction of sp³-hybridized carbons (Fsp3) is 0. The van der Waals surface area contributed by atoms with Gasteiger partial charge < -0.3 is 10.8 Å². The molecule has 0 aliphatic carbocycles. The molecule has 0 aromatic carbocycles. The number of thiazole rings is 1. The molecular weight excluding hydrogens is 300 g/mol. The number of rotatable bonds is 2. The molecule has 0 amide bonds. The molecule has 2 heterocycles. The average molecular weight is 305 g/mol. The predicted octanol–water partition coefficient (Wildman–Crippen LogP) is 2.91. The summed E-state index contributed by atoms with van der Waals surface area (Å²) in [5.41, 5.74) is 6.35. The van der Waals surface area contributed by atoms with E-state index >= 15 is 0 Å². The molecule has 4 nitrogen and oxygen atoms in total. The minimum absolute atomic E-state index is 0.0165. The molecule has 7 heteroatoms. The van der Waals surface area contributed by atoms with Crippen LogP contribution < -0.4 is 5.73 Å². The fourth-order valence-electron chi connectivity index (χ4n) is 1.11. The van der Waals surface area contributed by atoms with Gasteiger partial charge in [-0.2, -0.15) is 0 Å². The van der Waals surface area contributed by atoms with Gasteiger partial charge in [-0.05, 0) is 22.0 Å². The normalized spacial score (nSPS) is 10.5. The largest absolute Gasteiger partial charge is 0.476 e. The van der Waals surface area contributed by atoms with E-state index in [1.54, 1.807) is 0 Å². The first-order valence-corrected chi connectivity index (χ1v) is 6.31. The molecule has 0 radical (unpaired) electrons. The summed E-state index contributed by atoms with van der Waals surface area (Å²) < 4.78 is 0.945. The van der Waals surface area contributed by atoms with Crippen LogP contribution in [0.1, 0.15) is 10.5 Å². The van der Waals surface area contributed by atoms with Gasteiger partial charge in [-0.15, -0.1) is 11.3 Å². The van der Waals surface area contributed by atoms with E-state index in [1.165, 1.54) is 22.7 Å². The van der Waals surface area contributed by atoms with Crippen molar-refractivity contribution in [3.63, 3.8) is 0 Å². The van der Waals surface area contributed by atoms with Crippen LogP contribution in [0.4, 0.5) is 5.13 Å². The molecule has 0 aliphatic rings. The quantitative estimate of drug-likeness (QED) is 0.894. The minimum Gasteiger partial charge on any atom is -0.476 e. The zero-order valence-electron chi connectivity index (χ0n) is 7.23. The first-order valence-electron chi connectivity index (χ1n) is 3.82. The third kappa shape index (κ3) is 2.04. The van der Waals surface area contributed by atoms with Crippen LogP contribution in [-0.2, 0) is 0 Å². The number of carboxylic acid groups (broad SMARTS) is 1. The Morgan fingerprint density at radius 1 is 1.60 bits per heavy atom. The van der Waals surface area contributed by atoms with Gasteiger partial charge in [0, 0.05) is 10.9 Å². The summed E-state index contributed by atoms with van der Waals surface area (Å²) in [5.74, 6) is -1.06. The summed E-state index contributed by atoms with van der Waals surface area (Å²) in [5, 5.41) is 11.1. The Morgan fingerprint density at radius 2 is 2.33 bits per heavy atom. The Kier molecular flexibility index (Phi) is 2.76. The topological polar surface area (TPSA) is 76.2 Å².